The minimum atomic E-state index is -0.523. The van der Waals surface area contributed by atoms with Gasteiger partial charge in [0, 0.05) is 23.8 Å². The predicted molar refractivity (Wildman–Crippen MR) is 110 cm³/mol. The standard InChI is InChI=1S/C21H23N3O4S/c25-8-4-9-27-20-12-14(18-7-3-10-29-18)11-17(28-20)21(26)22-13-19-23-15-5-1-2-6-16(15)24-19/h1-3,5-7,10-11,14,20,25H,4,8-9,12-13H2,(H,22,26)(H,23,24)/t14-,20+/m1/s1. The van der Waals surface area contributed by atoms with E-state index in [0.717, 1.165) is 15.9 Å². The predicted octanol–water partition coefficient (Wildman–Crippen LogP) is 3.05. The van der Waals surface area contributed by atoms with Gasteiger partial charge >= 0.3 is 0 Å². The van der Waals surface area contributed by atoms with Crippen molar-refractivity contribution in [1.29, 1.82) is 0 Å². The van der Waals surface area contributed by atoms with Crippen molar-refractivity contribution in [3.63, 3.8) is 0 Å². The molecule has 0 aliphatic carbocycles. The Morgan fingerprint density at radius 1 is 1.34 bits per heavy atom. The maximum Gasteiger partial charge on any atom is 0.286 e. The second-order valence-electron chi connectivity index (χ2n) is 6.77. The lowest BCUT2D eigenvalue weighted by Gasteiger charge is -2.28. The van der Waals surface area contributed by atoms with Gasteiger partial charge in [-0.2, -0.15) is 0 Å². The van der Waals surface area contributed by atoms with Crippen LogP contribution in [0.5, 0.6) is 0 Å². The molecule has 7 nitrogen and oxygen atoms in total. The fourth-order valence-electron chi connectivity index (χ4n) is 3.24. The normalized spacial score (nSPS) is 19.0. The van der Waals surface area contributed by atoms with Gasteiger partial charge in [-0.3, -0.25) is 4.79 Å². The molecule has 4 rings (SSSR count). The molecular weight excluding hydrogens is 390 g/mol. The van der Waals surface area contributed by atoms with Gasteiger partial charge < -0.3 is 24.9 Å². The third kappa shape index (κ3) is 4.84. The number of aliphatic hydroxyl groups excluding tert-OH is 1. The SMILES string of the molecule is O=C(NCc1nc2ccccc2[nH]1)C1=C[C@@H](c2cccs2)C[C@@H](OCCCO)O1. The number of thiophene rings is 1. The fraction of sp³-hybridized carbons (Fsp3) is 0.333. The molecule has 2 atom stereocenters. The van der Waals surface area contributed by atoms with E-state index in [9.17, 15) is 4.79 Å². The Morgan fingerprint density at radius 3 is 3.03 bits per heavy atom. The first-order chi connectivity index (χ1) is 14.2. The zero-order chi connectivity index (χ0) is 20.1. The molecule has 0 unspecified atom stereocenters. The number of nitrogens with one attached hydrogen (secondary N) is 2. The molecule has 29 heavy (non-hydrogen) atoms. The van der Waals surface area contributed by atoms with Crippen LogP contribution in [0, 0.1) is 0 Å². The average molecular weight is 413 g/mol. The Morgan fingerprint density at radius 2 is 2.24 bits per heavy atom. The van der Waals surface area contributed by atoms with Crippen LogP contribution in [0.3, 0.4) is 0 Å². The van der Waals surface area contributed by atoms with Gasteiger partial charge in [0.25, 0.3) is 5.91 Å². The quantitative estimate of drug-likeness (QED) is 0.493. The van der Waals surface area contributed by atoms with E-state index in [4.69, 9.17) is 14.6 Å². The van der Waals surface area contributed by atoms with Crippen LogP contribution in [0.2, 0.25) is 0 Å². The summed E-state index contributed by atoms with van der Waals surface area (Å²) in [5.41, 5.74) is 1.79. The molecule has 1 aliphatic heterocycles. The number of carbonyl (C=O) groups excluding carboxylic acids is 1. The number of H-pyrrole nitrogens is 1. The molecule has 3 heterocycles. The minimum absolute atomic E-state index is 0.0508. The second-order valence-corrected chi connectivity index (χ2v) is 7.75. The molecule has 2 aromatic heterocycles. The molecule has 0 radical (unpaired) electrons. The van der Waals surface area contributed by atoms with Crippen molar-refractivity contribution in [3.8, 4) is 0 Å². The number of nitrogens with zero attached hydrogens (tertiary/aromatic N) is 1. The van der Waals surface area contributed by atoms with Crippen molar-refractivity contribution in [2.75, 3.05) is 13.2 Å². The highest BCUT2D eigenvalue weighted by atomic mass is 32.1. The Bertz CT molecular complexity index is 950. The summed E-state index contributed by atoms with van der Waals surface area (Å²) in [6, 6.07) is 11.8. The monoisotopic (exact) mass is 413 g/mol. The molecule has 0 bridgehead atoms. The van der Waals surface area contributed by atoms with Crippen molar-refractivity contribution < 1.29 is 19.4 Å². The third-order valence-electron chi connectivity index (χ3n) is 4.65. The highest BCUT2D eigenvalue weighted by molar-refractivity contribution is 7.10. The van der Waals surface area contributed by atoms with Gasteiger partial charge in [0.05, 0.1) is 24.2 Å². The first-order valence-corrected chi connectivity index (χ1v) is 10.5. The summed E-state index contributed by atoms with van der Waals surface area (Å²) in [5, 5.41) is 13.8. The van der Waals surface area contributed by atoms with Gasteiger partial charge in [-0.25, -0.2) is 4.98 Å². The number of amides is 1. The first kappa shape index (κ1) is 19.6. The number of imidazole rings is 1. The van der Waals surface area contributed by atoms with E-state index in [1.165, 1.54) is 0 Å². The van der Waals surface area contributed by atoms with Crippen LogP contribution in [0.25, 0.3) is 11.0 Å². The maximum atomic E-state index is 12.7. The molecule has 0 saturated carbocycles. The van der Waals surface area contributed by atoms with Crippen LogP contribution < -0.4 is 5.32 Å². The Balaban J connectivity index is 1.44. The number of hydrogen-bond donors (Lipinski definition) is 3. The summed E-state index contributed by atoms with van der Waals surface area (Å²) in [6.45, 7) is 0.710. The number of fused-ring (bicyclic) bond motifs is 1. The maximum absolute atomic E-state index is 12.7. The minimum Gasteiger partial charge on any atom is -0.459 e. The summed E-state index contributed by atoms with van der Waals surface area (Å²) in [4.78, 5) is 21.6. The lowest BCUT2D eigenvalue weighted by molar-refractivity contribution is -0.147. The summed E-state index contributed by atoms with van der Waals surface area (Å²) < 4.78 is 11.5. The summed E-state index contributed by atoms with van der Waals surface area (Å²) >= 11 is 1.64. The third-order valence-corrected chi connectivity index (χ3v) is 5.66. The highest BCUT2D eigenvalue weighted by Crippen LogP contribution is 2.33. The topological polar surface area (TPSA) is 96.5 Å². The summed E-state index contributed by atoms with van der Waals surface area (Å²) in [7, 11) is 0. The molecule has 152 valence electrons. The summed E-state index contributed by atoms with van der Waals surface area (Å²) in [5.74, 6) is 0.679. The largest absolute Gasteiger partial charge is 0.459 e. The number of aliphatic hydroxyl groups is 1. The number of ether oxygens (including phenoxy) is 2. The molecule has 3 N–H and O–H groups in total. The smallest absolute Gasteiger partial charge is 0.286 e. The van der Waals surface area contributed by atoms with E-state index >= 15 is 0 Å². The Labute approximate surface area is 172 Å². The van der Waals surface area contributed by atoms with Crippen molar-refractivity contribution >= 4 is 28.3 Å². The van der Waals surface area contributed by atoms with Crippen LogP contribution >= 0.6 is 11.3 Å². The molecule has 1 amide bonds. The molecule has 3 aromatic rings. The number of allylic oxidation sites excluding steroid dienone is 1. The highest BCUT2D eigenvalue weighted by Gasteiger charge is 2.29. The first-order valence-electron chi connectivity index (χ1n) is 9.59. The zero-order valence-corrected chi connectivity index (χ0v) is 16.7. The number of hydrogen-bond acceptors (Lipinski definition) is 6. The zero-order valence-electron chi connectivity index (χ0n) is 15.8. The van der Waals surface area contributed by atoms with Gasteiger partial charge in [-0.1, -0.05) is 18.2 Å². The number of para-hydroxylation sites is 2. The Kier molecular flexibility index (Phi) is 6.24. The fourth-order valence-corrected chi connectivity index (χ4v) is 4.05. The number of rotatable bonds is 8. The van der Waals surface area contributed by atoms with E-state index < -0.39 is 6.29 Å². The van der Waals surface area contributed by atoms with Crippen molar-refractivity contribution in [1.82, 2.24) is 15.3 Å². The van der Waals surface area contributed by atoms with Crippen LogP contribution in [0.1, 0.15) is 29.5 Å². The summed E-state index contributed by atoms with van der Waals surface area (Å²) in [6.07, 6.45) is 2.49. The number of benzene rings is 1. The number of aromatic amines is 1. The van der Waals surface area contributed by atoms with E-state index in [1.807, 2.05) is 47.9 Å². The van der Waals surface area contributed by atoms with Gasteiger partial charge in [0.1, 0.15) is 5.82 Å². The van der Waals surface area contributed by atoms with Crippen LogP contribution in [0.15, 0.2) is 53.6 Å². The Hall–Kier alpha value is -2.68. The molecule has 1 aromatic carbocycles. The molecule has 0 spiro atoms. The second kappa shape index (κ2) is 9.21. The van der Waals surface area contributed by atoms with Gasteiger partial charge in [0.2, 0.25) is 6.29 Å². The molecular formula is C21H23N3O4S. The molecule has 1 aliphatic rings. The number of aromatic nitrogens is 2. The molecule has 0 fully saturated rings. The van der Waals surface area contributed by atoms with Gasteiger partial charge in [-0.15, -0.1) is 11.3 Å². The van der Waals surface area contributed by atoms with Crippen LogP contribution in [-0.2, 0) is 20.8 Å². The lowest BCUT2D eigenvalue weighted by atomic mass is 9.99. The van der Waals surface area contributed by atoms with Crippen LogP contribution in [-0.4, -0.2) is 40.5 Å². The molecule has 0 saturated heterocycles. The van der Waals surface area contributed by atoms with E-state index in [2.05, 4.69) is 15.3 Å². The van der Waals surface area contributed by atoms with Gasteiger partial charge in [0.15, 0.2) is 5.76 Å². The lowest BCUT2D eigenvalue weighted by Crippen LogP contribution is -2.33. The van der Waals surface area contributed by atoms with E-state index in [0.29, 0.717) is 25.3 Å². The van der Waals surface area contributed by atoms with Crippen molar-refractivity contribution in [3.05, 3.63) is 64.3 Å². The number of carbonyl (C=O) groups is 1. The molecule has 8 heteroatoms. The van der Waals surface area contributed by atoms with E-state index in [1.54, 1.807) is 11.3 Å². The average Bonchev–Trinajstić information content (AvgIpc) is 3.41. The van der Waals surface area contributed by atoms with Crippen LogP contribution in [0.4, 0.5) is 0 Å². The van der Waals surface area contributed by atoms with Crippen molar-refractivity contribution in [2.24, 2.45) is 0 Å². The van der Waals surface area contributed by atoms with Gasteiger partial charge in [-0.05, 0) is 36.1 Å². The van der Waals surface area contributed by atoms with Crippen molar-refractivity contribution in [2.45, 2.75) is 31.6 Å². The van der Waals surface area contributed by atoms with E-state index in [-0.39, 0.29) is 30.7 Å².